The van der Waals surface area contributed by atoms with Gasteiger partial charge in [-0.3, -0.25) is 0 Å². The normalized spacial score (nSPS) is 21.6. The molecule has 1 aliphatic rings. The molecule has 2 rings (SSSR count). The zero-order valence-corrected chi connectivity index (χ0v) is 12.6. The average Bonchev–Trinajstić information content (AvgIpc) is 2.58. The van der Waals surface area contributed by atoms with Crippen molar-refractivity contribution >= 4 is 7.12 Å². The Labute approximate surface area is 123 Å². The Balaban J connectivity index is 2.09. The molecular weight excluding hydrogens is 279 g/mol. The molecule has 1 fully saturated rings. The summed E-state index contributed by atoms with van der Waals surface area (Å²) < 4.78 is 40.3. The van der Waals surface area contributed by atoms with E-state index in [0.717, 1.165) is 5.56 Å². The second-order valence-corrected chi connectivity index (χ2v) is 6.10. The number of hydrogen-bond acceptors (Lipinski definition) is 4. The van der Waals surface area contributed by atoms with Crippen LogP contribution in [0.5, 0.6) is 5.75 Å². The highest BCUT2D eigenvalue weighted by Gasteiger charge is 2.53. The smallest absolute Gasteiger partial charge is 0.435 e. The van der Waals surface area contributed by atoms with Gasteiger partial charge in [0.15, 0.2) is 0 Å². The molecule has 0 unspecified atom stereocenters. The quantitative estimate of drug-likeness (QED) is 0.869. The Hall–Kier alpha value is -1.18. The minimum Gasteiger partial charge on any atom is -0.435 e. The molecule has 1 aromatic rings. The van der Waals surface area contributed by atoms with Crippen LogP contribution < -0.4 is 10.5 Å². The van der Waals surface area contributed by atoms with Crippen molar-refractivity contribution in [2.24, 2.45) is 5.73 Å². The monoisotopic (exact) mass is 299 g/mol. The topological polar surface area (TPSA) is 53.7 Å². The second-order valence-electron chi connectivity index (χ2n) is 6.10. The minimum atomic E-state index is -2.84. The lowest BCUT2D eigenvalue weighted by molar-refractivity contribution is -0.0498. The van der Waals surface area contributed by atoms with Gasteiger partial charge in [0.1, 0.15) is 5.75 Å². The van der Waals surface area contributed by atoms with Gasteiger partial charge in [-0.15, -0.1) is 0 Å². The largest absolute Gasteiger partial charge is 0.480 e. The molecule has 21 heavy (non-hydrogen) atoms. The molecule has 7 heteroatoms. The van der Waals surface area contributed by atoms with Crippen LogP contribution in [0.15, 0.2) is 24.3 Å². The summed E-state index contributed by atoms with van der Waals surface area (Å²) in [6, 6.07) is 6.17. The minimum absolute atomic E-state index is 0.0925. The van der Waals surface area contributed by atoms with Crippen molar-refractivity contribution in [2.45, 2.75) is 51.4 Å². The summed E-state index contributed by atoms with van der Waals surface area (Å²) in [6.07, 6.45) is 0. The Bertz CT molecular complexity index is 477. The van der Waals surface area contributed by atoms with E-state index in [4.69, 9.17) is 15.0 Å². The van der Waals surface area contributed by atoms with Crippen LogP contribution in [-0.2, 0) is 9.31 Å². The van der Waals surface area contributed by atoms with Crippen LogP contribution >= 0.6 is 0 Å². The third-order valence-electron chi connectivity index (χ3n) is 4.05. The molecule has 116 valence electrons. The molecule has 1 saturated heterocycles. The van der Waals surface area contributed by atoms with E-state index < -0.39 is 30.9 Å². The molecule has 0 aliphatic carbocycles. The Morgan fingerprint density at radius 1 is 1.05 bits per heavy atom. The number of hydrogen-bond donors (Lipinski definition) is 1. The Morgan fingerprint density at radius 3 is 1.95 bits per heavy atom. The van der Waals surface area contributed by atoms with Crippen LogP contribution in [0.1, 0.15) is 39.2 Å². The van der Waals surface area contributed by atoms with Crippen LogP contribution in [0, 0.1) is 0 Å². The van der Waals surface area contributed by atoms with Crippen LogP contribution in [0.3, 0.4) is 0 Å². The summed E-state index contributed by atoms with van der Waals surface area (Å²) in [5, 5.41) is 0. The van der Waals surface area contributed by atoms with E-state index in [1.165, 1.54) is 12.1 Å². The van der Waals surface area contributed by atoms with E-state index in [-0.39, 0.29) is 5.75 Å². The Morgan fingerprint density at radius 2 is 1.52 bits per heavy atom. The van der Waals surface area contributed by atoms with Crippen molar-refractivity contribution in [1.29, 1.82) is 0 Å². The summed E-state index contributed by atoms with van der Waals surface area (Å²) in [6.45, 7) is 4.93. The molecule has 0 spiro atoms. The van der Waals surface area contributed by atoms with E-state index in [1.807, 2.05) is 27.7 Å². The van der Waals surface area contributed by atoms with Crippen LogP contribution in [0.2, 0.25) is 0 Å². The SMILES string of the molecule is CC1(C)OB([C@@H](N)c2ccc(OC(F)F)cc2)OC1(C)C. The van der Waals surface area contributed by atoms with Gasteiger partial charge in [0.25, 0.3) is 0 Å². The van der Waals surface area contributed by atoms with Crippen LogP contribution in [0.25, 0.3) is 0 Å². The number of halogens is 2. The fraction of sp³-hybridized carbons (Fsp3) is 0.571. The molecule has 0 radical (unpaired) electrons. The lowest BCUT2D eigenvalue weighted by Crippen LogP contribution is -2.41. The van der Waals surface area contributed by atoms with Gasteiger partial charge in [0.05, 0.1) is 17.1 Å². The number of nitrogens with two attached hydrogens (primary N) is 1. The van der Waals surface area contributed by atoms with Crippen molar-refractivity contribution < 1.29 is 22.8 Å². The standard InChI is InChI=1S/C14H20BF2NO3/c1-13(2)14(3,4)21-15(20-13)11(18)9-5-7-10(8-6-9)19-12(16)17/h5-8,11-12H,18H2,1-4H3/t11-/m0/s1. The summed E-state index contributed by atoms with van der Waals surface area (Å²) in [5.41, 5.74) is 5.96. The number of alkyl halides is 2. The van der Waals surface area contributed by atoms with Gasteiger partial charge in [-0.05, 0) is 45.4 Å². The van der Waals surface area contributed by atoms with Crippen LogP contribution in [0.4, 0.5) is 8.78 Å². The van der Waals surface area contributed by atoms with E-state index in [0.29, 0.717) is 0 Å². The van der Waals surface area contributed by atoms with Gasteiger partial charge >= 0.3 is 13.7 Å². The van der Waals surface area contributed by atoms with Crippen molar-refractivity contribution in [3.8, 4) is 5.75 Å². The predicted molar refractivity (Wildman–Crippen MR) is 76.1 cm³/mol. The average molecular weight is 299 g/mol. The first kappa shape index (κ1) is 16.2. The molecule has 1 aliphatic heterocycles. The van der Waals surface area contributed by atoms with Crippen molar-refractivity contribution in [1.82, 2.24) is 0 Å². The molecule has 2 N–H and O–H groups in total. The van der Waals surface area contributed by atoms with Gasteiger partial charge < -0.3 is 19.8 Å². The molecule has 4 nitrogen and oxygen atoms in total. The zero-order valence-electron chi connectivity index (χ0n) is 12.6. The lowest BCUT2D eigenvalue weighted by atomic mass is 9.75. The van der Waals surface area contributed by atoms with Crippen molar-refractivity contribution in [3.63, 3.8) is 0 Å². The first-order valence-corrected chi connectivity index (χ1v) is 6.78. The molecule has 1 heterocycles. The molecule has 0 saturated carbocycles. The number of ether oxygens (including phenoxy) is 1. The van der Waals surface area contributed by atoms with E-state index in [9.17, 15) is 8.78 Å². The summed E-state index contributed by atoms with van der Waals surface area (Å²) in [5.74, 6) is -0.415. The van der Waals surface area contributed by atoms with Gasteiger partial charge in [0.2, 0.25) is 0 Å². The zero-order chi connectivity index (χ0) is 15.8. The number of benzene rings is 1. The molecule has 0 amide bonds. The molecule has 0 aromatic heterocycles. The van der Waals surface area contributed by atoms with Crippen LogP contribution in [-0.4, -0.2) is 24.9 Å². The third kappa shape index (κ3) is 3.36. The maximum Gasteiger partial charge on any atom is 0.480 e. The van der Waals surface area contributed by atoms with Gasteiger partial charge in [-0.25, -0.2) is 0 Å². The Kier molecular flexibility index (Phi) is 4.28. The summed E-state index contributed by atoms with van der Waals surface area (Å²) in [7, 11) is -0.586. The van der Waals surface area contributed by atoms with Crippen molar-refractivity contribution in [3.05, 3.63) is 29.8 Å². The second kappa shape index (κ2) is 5.55. The number of rotatable bonds is 4. The van der Waals surface area contributed by atoms with E-state index in [1.54, 1.807) is 12.1 Å². The van der Waals surface area contributed by atoms with E-state index in [2.05, 4.69) is 4.74 Å². The van der Waals surface area contributed by atoms with Crippen molar-refractivity contribution in [2.75, 3.05) is 0 Å². The summed E-state index contributed by atoms with van der Waals surface area (Å²) >= 11 is 0. The van der Waals surface area contributed by atoms with Gasteiger partial charge in [-0.2, -0.15) is 8.78 Å². The predicted octanol–water partition coefficient (Wildman–Crippen LogP) is 2.92. The fourth-order valence-corrected chi connectivity index (χ4v) is 2.06. The van der Waals surface area contributed by atoms with Gasteiger partial charge in [-0.1, -0.05) is 12.1 Å². The molecule has 1 aromatic carbocycles. The third-order valence-corrected chi connectivity index (χ3v) is 4.05. The lowest BCUT2D eigenvalue weighted by Gasteiger charge is -2.32. The highest BCUT2D eigenvalue weighted by atomic mass is 19.3. The first-order chi connectivity index (χ1) is 9.62. The molecule has 1 atom stereocenters. The molecular formula is C14H20BF2NO3. The van der Waals surface area contributed by atoms with Gasteiger partial charge in [0, 0.05) is 0 Å². The van der Waals surface area contributed by atoms with E-state index >= 15 is 0 Å². The highest BCUT2D eigenvalue weighted by molar-refractivity contribution is 6.47. The fourth-order valence-electron chi connectivity index (χ4n) is 2.06. The molecule has 0 bridgehead atoms. The first-order valence-electron chi connectivity index (χ1n) is 6.78. The summed E-state index contributed by atoms with van der Waals surface area (Å²) in [4.78, 5) is 0. The maximum atomic E-state index is 12.1. The highest BCUT2D eigenvalue weighted by Crippen LogP contribution is 2.39. The maximum absolute atomic E-state index is 12.1.